The van der Waals surface area contributed by atoms with E-state index >= 15 is 0 Å². The van der Waals surface area contributed by atoms with Crippen LogP contribution < -0.4 is 0 Å². The lowest BCUT2D eigenvalue weighted by Gasteiger charge is -2.07. The van der Waals surface area contributed by atoms with E-state index in [1.54, 1.807) is 30.3 Å². The van der Waals surface area contributed by atoms with Gasteiger partial charge in [-0.15, -0.1) is 0 Å². The zero-order valence-electron chi connectivity index (χ0n) is 18.2. The molecule has 0 amide bonds. The topological polar surface area (TPSA) is 78.9 Å². The van der Waals surface area contributed by atoms with E-state index in [0.717, 1.165) is 12.8 Å². The first kappa shape index (κ1) is 25.8. The average Bonchev–Trinajstić information content (AvgIpc) is 2.77. The van der Waals surface area contributed by atoms with Gasteiger partial charge in [-0.2, -0.15) is 0 Å². The van der Waals surface area contributed by atoms with Crippen molar-refractivity contribution in [2.75, 3.05) is 26.4 Å². The second-order valence-electron chi connectivity index (χ2n) is 7.24. The second kappa shape index (κ2) is 17.6. The Kier molecular flexibility index (Phi) is 15.2. The fourth-order valence-corrected chi connectivity index (χ4v) is 2.93. The zero-order valence-corrected chi connectivity index (χ0v) is 18.2. The summed E-state index contributed by atoms with van der Waals surface area (Å²) in [7, 11) is 0. The number of carbonyl (C=O) groups is 3. The van der Waals surface area contributed by atoms with E-state index in [1.165, 1.54) is 44.9 Å². The summed E-state index contributed by atoms with van der Waals surface area (Å²) in [5, 5.41) is 0. The predicted octanol–water partition coefficient (Wildman–Crippen LogP) is 4.89. The molecule has 0 aliphatic heterocycles. The summed E-state index contributed by atoms with van der Waals surface area (Å²) in [6.07, 6.45) is 11.3. The van der Waals surface area contributed by atoms with E-state index < -0.39 is 11.8 Å². The first-order valence-corrected chi connectivity index (χ1v) is 11.1. The van der Waals surface area contributed by atoms with Gasteiger partial charge in [-0.25, -0.2) is 4.79 Å². The zero-order chi connectivity index (χ0) is 21.9. The molecule has 0 N–H and O–H groups in total. The summed E-state index contributed by atoms with van der Waals surface area (Å²) in [5.74, 6) is -1.79. The normalized spacial score (nSPS) is 10.6. The number of ether oxygens (including phenoxy) is 3. The minimum absolute atomic E-state index is 0.0240. The Bertz CT molecular complexity index is 599. The van der Waals surface area contributed by atoms with Crippen molar-refractivity contribution in [2.45, 2.75) is 71.1 Å². The Morgan fingerprint density at radius 2 is 1.27 bits per heavy atom. The van der Waals surface area contributed by atoms with Gasteiger partial charge < -0.3 is 14.2 Å². The molecule has 1 rings (SSSR count). The van der Waals surface area contributed by atoms with E-state index in [1.807, 2.05) is 0 Å². The summed E-state index contributed by atoms with van der Waals surface area (Å²) in [5.41, 5.74) is 0.294. The third-order valence-corrected chi connectivity index (χ3v) is 4.66. The van der Waals surface area contributed by atoms with Crippen LogP contribution in [0.2, 0.25) is 0 Å². The SMILES string of the molecule is CCCCCCCCCCCC(=O)OCCOCCOC(=O)C(=O)c1ccccc1. The quantitative estimate of drug-likeness (QED) is 0.146. The Hall–Kier alpha value is -2.21. The first-order chi connectivity index (χ1) is 14.6. The molecule has 0 bridgehead atoms. The van der Waals surface area contributed by atoms with Crippen LogP contribution in [0.3, 0.4) is 0 Å². The van der Waals surface area contributed by atoms with Crippen molar-refractivity contribution in [3.05, 3.63) is 35.9 Å². The molecule has 0 heterocycles. The highest BCUT2D eigenvalue weighted by Gasteiger charge is 2.17. The van der Waals surface area contributed by atoms with Gasteiger partial charge in [-0.05, 0) is 6.42 Å². The van der Waals surface area contributed by atoms with E-state index in [9.17, 15) is 14.4 Å². The van der Waals surface area contributed by atoms with Gasteiger partial charge in [0.25, 0.3) is 5.78 Å². The van der Waals surface area contributed by atoms with E-state index in [4.69, 9.17) is 14.2 Å². The molecule has 0 radical (unpaired) electrons. The molecular formula is C24H36O6. The number of ketones is 1. The maximum absolute atomic E-state index is 11.8. The highest BCUT2D eigenvalue weighted by Crippen LogP contribution is 2.10. The van der Waals surface area contributed by atoms with Crippen molar-refractivity contribution in [3.63, 3.8) is 0 Å². The Balaban J connectivity index is 1.90. The van der Waals surface area contributed by atoms with Crippen LogP contribution in [0.4, 0.5) is 0 Å². The molecule has 1 aromatic carbocycles. The van der Waals surface area contributed by atoms with Crippen LogP contribution in [0, 0.1) is 0 Å². The molecule has 6 nitrogen and oxygen atoms in total. The summed E-state index contributed by atoms with van der Waals surface area (Å²) >= 11 is 0. The molecular weight excluding hydrogens is 384 g/mol. The van der Waals surface area contributed by atoms with Crippen LogP contribution in [-0.2, 0) is 23.8 Å². The third-order valence-electron chi connectivity index (χ3n) is 4.66. The fraction of sp³-hybridized carbons (Fsp3) is 0.625. The van der Waals surface area contributed by atoms with E-state index in [-0.39, 0.29) is 32.4 Å². The summed E-state index contributed by atoms with van der Waals surface area (Å²) in [4.78, 5) is 35.1. The van der Waals surface area contributed by atoms with Crippen molar-refractivity contribution in [2.24, 2.45) is 0 Å². The molecule has 0 unspecified atom stereocenters. The molecule has 0 saturated heterocycles. The van der Waals surface area contributed by atoms with Gasteiger partial charge in [-0.3, -0.25) is 9.59 Å². The molecule has 0 spiro atoms. The molecule has 0 aromatic heterocycles. The van der Waals surface area contributed by atoms with Crippen LogP contribution in [0.1, 0.15) is 81.5 Å². The lowest BCUT2D eigenvalue weighted by molar-refractivity contribution is -0.145. The van der Waals surface area contributed by atoms with Gasteiger partial charge in [0.1, 0.15) is 13.2 Å². The maximum atomic E-state index is 11.8. The van der Waals surface area contributed by atoms with Gasteiger partial charge in [-0.1, -0.05) is 88.6 Å². The van der Waals surface area contributed by atoms with Gasteiger partial charge in [0.2, 0.25) is 0 Å². The lowest BCUT2D eigenvalue weighted by atomic mass is 10.1. The molecule has 30 heavy (non-hydrogen) atoms. The van der Waals surface area contributed by atoms with Crippen molar-refractivity contribution >= 4 is 17.7 Å². The molecule has 1 aromatic rings. The highest BCUT2D eigenvalue weighted by molar-refractivity contribution is 6.40. The van der Waals surface area contributed by atoms with Crippen molar-refractivity contribution < 1.29 is 28.6 Å². The number of Topliss-reactive ketones (excluding diaryl/α,β-unsaturated/α-hetero) is 1. The van der Waals surface area contributed by atoms with Gasteiger partial charge >= 0.3 is 11.9 Å². The minimum atomic E-state index is -0.905. The van der Waals surface area contributed by atoms with Crippen molar-refractivity contribution in [1.82, 2.24) is 0 Å². The molecule has 0 fully saturated rings. The Morgan fingerprint density at radius 3 is 1.90 bits per heavy atom. The largest absolute Gasteiger partial charge is 0.463 e. The summed E-state index contributed by atoms with van der Waals surface area (Å²) in [6, 6.07) is 8.24. The van der Waals surface area contributed by atoms with Crippen LogP contribution in [0.5, 0.6) is 0 Å². The predicted molar refractivity (Wildman–Crippen MR) is 115 cm³/mol. The van der Waals surface area contributed by atoms with Crippen LogP contribution in [-0.4, -0.2) is 44.1 Å². The van der Waals surface area contributed by atoms with E-state index in [2.05, 4.69) is 6.92 Å². The average molecular weight is 421 g/mol. The van der Waals surface area contributed by atoms with Gasteiger partial charge in [0.15, 0.2) is 0 Å². The molecule has 0 saturated carbocycles. The maximum Gasteiger partial charge on any atom is 0.379 e. The summed E-state index contributed by atoms with van der Waals surface area (Å²) in [6.45, 7) is 2.74. The second-order valence-corrected chi connectivity index (χ2v) is 7.24. The smallest absolute Gasteiger partial charge is 0.379 e. The fourth-order valence-electron chi connectivity index (χ4n) is 2.93. The molecule has 0 atom stereocenters. The highest BCUT2D eigenvalue weighted by atomic mass is 16.6. The Morgan fingerprint density at radius 1 is 0.700 bits per heavy atom. The minimum Gasteiger partial charge on any atom is -0.463 e. The Labute approximate surface area is 180 Å². The molecule has 0 aliphatic carbocycles. The number of unbranched alkanes of at least 4 members (excludes halogenated alkanes) is 8. The third kappa shape index (κ3) is 13.1. The number of benzene rings is 1. The van der Waals surface area contributed by atoms with Crippen LogP contribution in [0.15, 0.2) is 30.3 Å². The lowest BCUT2D eigenvalue weighted by Crippen LogP contribution is -2.20. The molecule has 0 aliphatic rings. The van der Waals surface area contributed by atoms with E-state index in [0.29, 0.717) is 12.0 Å². The molecule has 6 heteroatoms. The van der Waals surface area contributed by atoms with Gasteiger partial charge in [0, 0.05) is 12.0 Å². The standard InChI is InChI=1S/C24H36O6/c1-2-3-4-5-6-7-8-9-13-16-22(25)29-19-17-28-18-20-30-24(27)23(26)21-14-11-10-12-15-21/h10-12,14-15H,2-9,13,16-20H2,1H3. The van der Waals surface area contributed by atoms with Crippen molar-refractivity contribution in [1.29, 1.82) is 0 Å². The first-order valence-electron chi connectivity index (χ1n) is 11.1. The van der Waals surface area contributed by atoms with Crippen LogP contribution in [0.25, 0.3) is 0 Å². The summed E-state index contributed by atoms with van der Waals surface area (Å²) < 4.78 is 15.2. The molecule has 168 valence electrons. The van der Waals surface area contributed by atoms with Crippen molar-refractivity contribution in [3.8, 4) is 0 Å². The number of hydrogen-bond donors (Lipinski definition) is 0. The monoisotopic (exact) mass is 420 g/mol. The number of hydrogen-bond acceptors (Lipinski definition) is 6. The number of carbonyl (C=O) groups excluding carboxylic acids is 3. The van der Waals surface area contributed by atoms with Crippen LogP contribution >= 0.6 is 0 Å². The number of rotatable bonds is 18. The number of esters is 2. The van der Waals surface area contributed by atoms with Gasteiger partial charge in [0.05, 0.1) is 13.2 Å².